The fourth-order valence-corrected chi connectivity index (χ4v) is 2.63. The number of aromatic nitrogens is 2. The van der Waals surface area contributed by atoms with Crippen molar-refractivity contribution in [2.24, 2.45) is 0 Å². The van der Waals surface area contributed by atoms with E-state index in [1.807, 2.05) is 0 Å². The highest BCUT2D eigenvalue weighted by atomic mass is 16.6. The lowest BCUT2D eigenvalue weighted by Gasteiger charge is -2.27. The summed E-state index contributed by atoms with van der Waals surface area (Å²) in [4.78, 5) is 4.21. The number of imidazole rings is 1. The molecule has 1 fully saturated rings. The van der Waals surface area contributed by atoms with Crippen LogP contribution in [-0.2, 0) is 4.74 Å². The molecule has 1 aromatic heterocycles. The molecule has 0 unspecified atom stereocenters. The van der Waals surface area contributed by atoms with Gasteiger partial charge in [0.1, 0.15) is 17.8 Å². The van der Waals surface area contributed by atoms with Gasteiger partial charge in [-0.25, -0.2) is 4.98 Å². The molecular weight excluding hydrogens is 262 g/mol. The molecule has 1 aliphatic heterocycles. The molecule has 0 bridgehead atoms. The Morgan fingerprint density at radius 1 is 1.50 bits per heavy atom. The third-order valence-corrected chi connectivity index (χ3v) is 3.79. The van der Waals surface area contributed by atoms with E-state index in [4.69, 9.17) is 10.5 Å². The van der Waals surface area contributed by atoms with Crippen LogP contribution in [0.5, 0.6) is 0 Å². The SMILES string of the molecule is C[C@@]1(O)[C@H](O)[C@@H](CO)O[C@H]1n1cnc2cc(N)ccc21. The van der Waals surface area contributed by atoms with Crippen molar-refractivity contribution in [1.82, 2.24) is 9.55 Å². The maximum absolute atomic E-state index is 10.5. The lowest BCUT2D eigenvalue weighted by molar-refractivity contribution is -0.0948. The van der Waals surface area contributed by atoms with Gasteiger partial charge in [0.25, 0.3) is 0 Å². The van der Waals surface area contributed by atoms with E-state index in [1.54, 1.807) is 22.8 Å². The van der Waals surface area contributed by atoms with E-state index >= 15 is 0 Å². The summed E-state index contributed by atoms with van der Waals surface area (Å²) in [5.74, 6) is 0. The molecule has 5 N–H and O–H groups in total. The molecule has 1 saturated heterocycles. The standard InChI is InChI=1S/C13H17N3O4/c1-13(19)11(18)10(5-17)20-12(13)16-6-15-8-4-7(14)2-3-9(8)16/h2-4,6,10-12,17-19H,5,14H2,1H3/t10-,11-,12-,13-/m1/s1. The van der Waals surface area contributed by atoms with Gasteiger partial charge in [0.05, 0.1) is 24.0 Å². The molecule has 0 spiro atoms. The average Bonchev–Trinajstić information content (AvgIpc) is 2.90. The lowest BCUT2D eigenvalue weighted by atomic mass is 9.96. The van der Waals surface area contributed by atoms with Crippen LogP contribution in [0, 0.1) is 0 Å². The van der Waals surface area contributed by atoms with Crippen molar-refractivity contribution < 1.29 is 20.1 Å². The van der Waals surface area contributed by atoms with Crippen molar-refractivity contribution >= 4 is 16.7 Å². The Labute approximate surface area is 115 Å². The first-order chi connectivity index (χ1) is 9.45. The van der Waals surface area contributed by atoms with Crippen LogP contribution in [0.4, 0.5) is 5.69 Å². The van der Waals surface area contributed by atoms with Crippen molar-refractivity contribution in [1.29, 1.82) is 0 Å². The molecule has 3 rings (SSSR count). The quantitative estimate of drug-likeness (QED) is 0.557. The summed E-state index contributed by atoms with van der Waals surface area (Å²) in [6.45, 7) is 1.11. The lowest BCUT2D eigenvalue weighted by Crippen LogP contribution is -2.44. The molecule has 7 nitrogen and oxygen atoms in total. The summed E-state index contributed by atoms with van der Waals surface area (Å²) in [5.41, 5.74) is 6.17. The molecule has 7 heteroatoms. The Kier molecular flexibility index (Phi) is 2.94. The monoisotopic (exact) mass is 279 g/mol. The highest BCUT2D eigenvalue weighted by Crippen LogP contribution is 2.39. The van der Waals surface area contributed by atoms with Crippen LogP contribution in [0.1, 0.15) is 13.2 Å². The van der Waals surface area contributed by atoms with Crippen LogP contribution in [0.15, 0.2) is 24.5 Å². The highest BCUT2D eigenvalue weighted by Gasteiger charge is 2.53. The first-order valence-electron chi connectivity index (χ1n) is 6.34. The zero-order valence-corrected chi connectivity index (χ0v) is 11.0. The number of nitrogens with two attached hydrogens (primary N) is 1. The van der Waals surface area contributed by atoms with Gasteiger partial charge in [0, 0.05) is 5.69 Å². The number of hydrogen-bond donors (Lipinski definition) is 4. The van der Waals surface area contributed by atoms with Gasteiger partial charge in [0.2, 0.25) is 0 Å². The van der Waals surface area contributed by atoms with E-state index in [9.17, 15) is 15.3 Å². The second-order valence-corrected chi connectivity index (χ2v) is 5.28. The topological polar surface area (TPSA) is 114 Å². The maximum Gasteiger partial charge on any atom is 0.167 e. The molecule has 2 heterocycles. The van der Waals surface area contributed by atoms with Crippen molar-refractivity contribution in [3.63, 3.8) is 0 Å². The number of aliphatic hydroxyl groups excluding tert-OH is 2. The second-order valence-electron chi connectivity index (χ2n) is 5.28. The summed E-state index contributed by atoms with van der Waals surface area (Å²) < 4.78 is 7.20. The van der Waals surface area contributed by atoms with Crippen LogP contribution in [-0.4, -0.2) is 49.3 Å². The molecule has 108 valence electrons. The summed E-state index contributed by atoms with van der Waals surface area (Å²) in [5, 5.41) is 29.7. The number of fused-ring (bicyclic) bond motifs is 1. The van der Waals surface area contributed by atoms with Gasteiger partial charge in [-0.05, 0) is 25.1 Å². The van der Waals surface area contributed by atoms with Gasteiger partial charge in [-0.1, -0.05) is 0 Å². The fraction of sp³-hybridized carbons (Fsp3) is 0.462. The van der Waals surface area contributed by atoms with Crippen molar-refractivity contribution in [2.45, 2.75) is 31.0 Å². The number of hydrogen-bond acceptors (Lipinski definition) is 6. The van der Waals surface area contributed by atoms with Crippen LogP contribution >= 0.6 is 0 Å². The van der Waals surface area contributed by atoms with E-state index in [2.05, 4.69) is 4.98 Å². The molecule has 0 radical (unpaired) electrons. The van der Waals surface area contributed by atoms with E-state index in [-0.39, 0.29) is 6.61 Å². The molecule has 0 aliphatic carbocycles. The zero-order valence-electron chi connectivity index (χ0n) is 11.0. The Morgan fingerprint density at radius 2 is 2.25 bits per heavy atom. The third-order valence-electron chi connectivity index (χ3n) is 3.79. The molecule has 1 aromatic carbocycles. The van der Waals surface area contributed by atoms with Gasteiger partial charge in [-0.2, -0.15) is 0 Å². The molecule has 0 amide bonds. The second kappa shape index (κ2) is 4.42. The predicted molar refractivity (Wildman–Crippen MR) is 71.8 cm³/mol. The summed E-state index contributed by atoms with van der Waals surface area (Å²) in [6, 6.07) is 5.22. The Morgan fingerprint density at radius 3 is 2.90 bits per heavy atom. The van der Waals surface area contributed by atoms with Gasteiger partial charge >= 0.3 is 0 Å². The number of benzene rings is 1. The maximum atomic E-state index is 10.5. The van der Waals surface area contributed by atoms with Crippen LogP contribution < -0.4 is 5.73 Å². The molecule has 1 aliphatic rings. The predicted octanol–water partition coefficient (Wildman–Crippen LogP) is -0.380. The third kappa shape index (κ3) is 1.79. The Bertz CT molecular complexity index is 640. The van der Waals surface area contributed by atoms with E-state index < -0.39 is 24.0 Å². The van der Waals surface area contributed by atoms with E-state index in [0.29, 0.717) is 11.2 Å². The first kappa shape index (κ1) is 13.3. The van der Waals surface area contributed by atoms with Crippen molar-refractivity contribution in [2.75, 3.05) is 12.3 Å². The smallest absolute Gasteiger partial charge is 0.167 e. The van der Waals surface area contributed by atoms with Crippen molar-refractivity contribution in [3.05, 3.63) is 24.5 Å². The number of aliphatic hydroxyl groups is 3. The molecule has 20 heavy (non-hydrogen) atoms. The van der Waals surface area contributed by atoms with E-state index in [0.717, 1.165) is 5.52 Å². The Hall–Kier alpha value is -1.67. The normalized spacial score (nSPS) is 33.9. The minimum absolute atomic E-state index is 0.368. The van der Waals surface area contributed by atoms with E-state index in [1.165, 1.54) is 13.3 Å². The van der Waals surface area contributed by atoms with Gasteiger partial charge in [-0.3, -0.25) is 0 Å². The largest absolute Gasteiger partial charge is 0.399 e. The first-order valence-corrected chi connectivity index (χ1v) is 6.34. The van der Waals surface area contributed by atoms with Gasteiger partial charge in [-0.15, -0.1) is 0 Å². The Balaban J connectivity index is 2.07. The summed E-state index contributed by atoms with van der Waals surface area (Å²) in [7, 11) is 0. The number of anilines is 1. The average molecular weight is 279 g/mol. The number of rotatable bonds is 2. The molecule has 0 saturated carbocycles. The molecule has 4 atom stereocenters. The van der Waals surface area contributed by atoms with Gasteiger partial charge in [0.15, 0.2) is 6.23 Å². The number of nitrogens with zero attached hydrogens (tertiary/aromatic N) is 2. The minimum atomic E-state index is -1.53. The van der Waals surface area contributed by atoms with Crippen LogP contribution in [0.2, 0.25) is 0 Å². The van der Waals surface area contributed by atoms with Gasteiger partial charge < -0.3 is 30.4 Å². The summed E-state index contributed by atoms with van der Waals surface area (Å²) in [6.07, 6.45) is -1.32. The van der Waals surface area contributed by atoms with Crippen molar-refractivity contribution in [3.8, 4) is 0 Å². The van der Waals surface area contributed by atoms with Crippen LogP contribution in [0.3, 0.4) is 0 Å². The molecule has 2 aromatic rings. The van der Waals surface area contributed by atoms with Crippen LogP contribution in [0.25, 0.3) is 11.0 Å². The summed E-state index contributed by atoms with van der Waals surface area (Å²) >= 11 is 0. The fourth-order valence-electron chi connectivity index (χ4n) is 2.63. The minimum Gasteiger partial charge on any atom is -0.399 e. The number of ether oxygens (including phenoxy) is 1. The molecular formula is C13H17N3O4. The zero-order chi connectivity index (χ0) is 14.5. The number of nitrogen functional groups attached to an aromatic ring is 1. The highest BCUT2D eigenvalue weighted by molar-refractivity contribution is 5.79.